The second kappa shape index (κ2) is 3.59. The van der Waals surface area contributed by atoms with Crippen molar-refractivity contribution < 1.29 is 9.90 Å². The second-order valence-electron chi connectivity index (χ2n) is 3.25. The molecule has 1 aromatic rings. The molecule has 76 valence electrons. The van der Waals surface area contributed by atoms with Gasteiger partial charge < -0.3 is 9.67 Å². The molecule has 2 heterocycles. The number of rotatable bonds is 2. The molecule has 0 aliphatic carbocycles. The van der Waals surface area contributed by atoms with Crippen LogP contribution >= 0.6 is 11.6 Å². The van der Waals surface area contributed by atoms with Crippen LogP contribution in [0.1, 0.15) is 5.82 Å². The molecule has 14 heavy (non-hydrogen) atoms. The van der Waals surface area contributed by atoms with Crippen molar-refractivity contribution >= 4 is 17.6 Å². The first-order valence-corrected chi connectivity index (χ1v) is 4.68. The Hall–Kier alpha value is -1.07. The monoisotopic (exact) mass is 215 g/mol. The van der Waals surface area contributed by atoms with Gasteiger partial charge in [-0.25, -0.2) is 4.98 Å². The third-order valence-corrected chi connectivity index (χ3v) is 2.55. The fourth-order valence-electron chi connectivity index (χ4n) is 1.60. The van der Waals surface area contributed by atoms with Gasteiger partial charge in [-0.2, -0.15) is 0 Å². The predicted octanol–water partition coefficient (Wildman–Crippen LogP) is 0.437. The summed E-state index contributed by atoms with van der Waals surface area (Å²) in [7, 11) is 0. The van der Waals surface area contributed by atoms with E-state index in [0.29, 0.717) is 24.8 Å². The summed E-state index contributed by atoms with van der Waals surface area (Å²) in [5.74, 6) is 0.0265. The Morgan fingerprint density at radius 2 is 2.43 bits per heavy atom. The zero-order valence-electron chi connectivity index (χ0n) is 7.48. The molecular formula is C8H10ClN3O2. The molecule has 0 amide bonds. The summed E-state index contributed by atoms with van der Waals surface area (Å²) in [4.78, 5) is 16.4. The normalized spacial score (nSPS) is 16.6. The average Bonchev–Trinajstić information content (AvgIpc) is 2.46. The Morgan fingerprint density at radius 3 is 3.14 bits per heavy atom. The number of imidazole rings is 1. The van der Waals surface area contributed by atoms with Crippen molar-refractivity contribution in [3.63, 3.8) is 0 Å². The van der Waals surface area contributed by atoms with Crippen molar-refractivity contribution in [2.24, 2.45) is 0 Å². The first kappa shape index (κ1) is 9.48. The highest BCUT2D eigenvalue weighted by molar-refractivity contribution is 6.29. The third-order valence-electron chi connectivity index (χ3n) is 2.25. The molecule has 0 spiro atoms. The summed E-state index contributed by atoms with van der Waals surface area (Å²) in [5, 5.41) is 9.24. The fourth-order valence-corrected chi connectivity index (χ4v) is 1.83. The van der Waals surface area contributed by atoms with Crippen LogP contribution in [0.3, 0.4) is 0 Å². The van der Waals surface area contributed by atoms with E-state index in [2.05, 4.69) is 4.98 Å². The molecule has 6 heteroatoms. The SMILES string of the molecule is O=C(O)CN1CCn2c(Cl)cnc2C1. The zero-order valence-corrected chi connectivity index (χ0v) is 8.24. The lowest BCUT2D eigenvalue weighted by Crippen LogP contribution is -2.37. The zero-order chi connectivity index (χ0) is 10.1. The van der Waals surface area contributed by atoms with Crippen LogP contribution in [0, 0.1) is 0 Å². The smallest absolute Gasteiger partial charge is 0.317 e. The number of aromatic nitrogens is 2. The van der Waals surface area contributed by atoms with E-state index >= 15 is 0 Å². The highest BCUT2D eigenvalue weighted by Crippen LogP contribution is 2.17. The van der Waals surface area contributed by atoms with Gasteiger partial charge in [-0.3, -0.25) is 9.69 Å². The molecule has 0 fully saturated rings. The third kappa shape index (κ3) is 1.73. The van der Waals surface area contributed by atoms with E-state index in [1.165, 1.54) is 0 Å². The van der Waals surface area contributed by atoms with Crippen LogP contribution < -0.4 is 0 Å². The molecule has 1 aromatic heterocycles. The van der Waals surface area contributed by atoms with Gasteiger partial charge in [-0.05, 0) is 0 Å². The number of carboxylic acids is 1. The number of fused-ring (bicyclic) bond motifs is 1. The van der Waals surface area contributed by atoms with Crippen LogP contribution in [0.25, 0.3) is 0 Å². The van der Waals surface area contributed by atoms with Gasteiger partial charge in [0.25, 0.3) is 0 Å². The van der Waals surface area contributed by atoms with E-state index in [1.54, 1.807) is 6.20 Å². The van der Waals surface area contributed by atoms with Gasteiger partial charge >= 0.3 is 5.97 Å². The summed E-state index contributed by atoms with van der Waals surface area (Å²) < 4.78 is 1.90. The second-order valence-corrected chi connectivity index (χ2v) is 3.64. The predicted molar refractivity (Wildman–Crippen MR) is 50.1 cm³/mol. The Morgan fingerprint density at radius 1 is 1.64 bits per heavy atom. The summed E-state index contributed by atoms with van der Waals surface area (Å²) in [6.45, 7) is 2.03. The van der Waals surface area contributed by atoms with Crippen molar-refractivity contribution in [2.45, 2.75) is 13.1 Å². The van der Waals surface area contributed by atoms with E-state index < -0.39 is 5.97 Å². The number of hydrogen-bond acceptors (Lipinski definition) is 3. The molecule has 0 bridgehead atoms. The number of aliphatic carboxylic acids is 1. The van der Waals surface area contributed by atoms with Crippen molar-refractivity contribution in [1.29, 1.82) is 0 Å². The van der Waals surface area contributed by atoms with Gasteiger partial charge in [0.2, 0.25) is 0 Å². The summed E-state index contributed by atoms with van der Waals surface area (Å²) in [6, 6.07) is 0. The lowest BCUT2D eigenvalue weighted by Gasteiger charge is -2.26. The number of carbonyl (C=O) groups is 1. The quantitative estimate of drug-likeness (QED) is 0.778. The van der Waals surface area contributed by atoms with Gasteiger partial charge in [-0.1, -0.05) is 11.6 Å². The van der Waals surface area contributed by atoms with E-state index in [-0.39, 0.29) is 6.54 Å². The van der Waals surface area contributed by atoms with Crippen molar-refractivity contribution in [3.8, 4) is 0 Å². The molecule has 0 unspecified atom stereocenters. The molecule has 0 saturated heterocycles. The van der Waals surface area contributed by atoms with Crippen LogP contribution in [0.5, 0.6) is 0 Å². The Bertz CT molecular complexity index is 363. The molecule has 0 atom stereocenters. The summed E-state index contributed by atoms with van der Waals surface area (Å²) >= 11 is 5.88. The van der Waals surface area contributed by atoms with Gasteiger partial charge in [-0.15, -0.1) is 0 Å². The highest BCUT2D eigenvalue weighted by Gasteiger charge is 2.20. The van der Waals surface area contributed by atoms with Gasteiger partial charge in [0.05, 0.1) is 19.3 Å². The number of carboxylic acid groups (broad SMARTS) is 1. The summed E-state index contributed by atoms with van der Waals surface area (Å²) in [6.07, 6.45) is 1.60. The molecule has 2 rings (SSSR count). The Labute approximate surface area is 85.9 Å². The van der Waals surface area contributed by atoms with Gasteiger partial charge in [0, 0.05) is 13.1 Å². The topological polar surface area (TPSA) is 58.4 Å². The molecule has 0 aromatic carbocycles. The van der Waals surface area contributed by atoms with E-state index in [4.69, 9.17) is 16.7 Å². The minimum absolute atomic E-state index is 0.0600. The highest BCUT2D eigenvalue weighted by atomic mass is 35.5. The number of hydrogen-bond donors (Lipinski definition) is 1. The van der Waals surface area contributed by atoms with Crippen molar-refractivity contribution in [2.75, 3.05) is 13.1 Å². The Balaban J connectivity index is 2.10. The molecule has 1 aliphatic heterocycles. The maximum atomic E-state index is 10.5. The van der Waals surface area contributed by atoms with Crippen LogP contribution in [0.2, 0.25) is 5.15 Å². The Kier molecular flexibility index (Phi) is 2.43. The van der Waals surface area contributed by atoms with Gasteiger partial charge in [0.15, 0.2) is 0 Å². The largest absolute Gasteiger partial charge is 0.480 e. The molecule has 1 aliphatic rings. The fraction of sp³-hybridized carbons (Fsp3) is 0.500. The van der Waals surface area contributed by atoms with E-state index in [0.717, 1.165) is 5.82 Å². The van der Waals surface area contributed by atoms with Gasteiger partial charge in [0.1, 0.15) is 11.0 Å². The molecule has 0 radical (unpaired) electrons. The maximum absolute atomic E-state index is 10.5. The first-order chi connectivity index (χ1) is 6.66. The summed E-state index contributed by atoms with van der Waals surface area (Å²) in [5.41, 5.74) is 0. The molecule has 5 nitrogen and oxygen atoms in total. The maximum Gasteiger partial charge on any atom is 0.317 e. The number of nitrogens with zero attached hydrogens (tertiary/aromatic N) is 3. The molecule has 0 saturated carbocycles. The molecular weight excluding hydrogens is 206 g/mol. The van der Waals surface area contributed by atoms with Crippen LogP contribution in [-0.2, 0) is 17.9 Å². The lowest BCUT2D eigenvalue weighted by atomic mass is 10.3. The van der Waals surface area contributed by atoms with E-state index in [9.17, 15) is 4.79 Å². The lowest BCUT2D eigenvalue weighted by molar-refractivity contribution is -0.138. The average molecular weight is 216 g/mol. The minimum atomic E-state index is -0.809. The van der Waals surface area contributed by atoms with Crippen LogP contribution in [0.4, 0.5) is 0 Å². The number of halogens is 1. The van der Waals surface area contributed by atoms with Crippen molar-refractivity contribution in [3.05, 3.63) is 17.2 Å². The van der Waals surface area contributed by atoms with Crippen LogP contribution in [0.15, 0.2) is 6.20 Å². The van der Waals surface area contributed by atoms with Crippen LogP contribution in [-0.4, -0.2) is 38.6 Å². The van der Waals surface area contributed by atoms with E-state index in [1.807, 2.05) is 9.47 Å². The minimum Gasteiger partial charge on any atom is -0.480 e. The standard InChI is InChI=1S/C8H10ClN3O2/c9-6-3-10-7-4-11(5-8(13)14)1-2-12(6)7/h3H,1-2,4-5H2,(H,13,14). The first-order valence-electron chi connectivity index (χ1n) is 4.31. The van der Waals surface area contributed by atoms with Crippen molar-refractivity contribution in [1.82, 2.24) is 14.5 Å². The molecule has 1 N–H and O–H groups in total.